The number of amides is 4. The summed E-state index contributed by atoms with van der Waals surface area (Å²) in [4.78, 5) is 63.1. The third kappa shape index (κ3) is 5.50. The molecule has 6 atom stereocenters. The number of aromatic hydroxyl groups is 1. The molecule has 1 saturated carbocycles. The molecule has 10 nitrogen and oxygen atoms in total. The number of aryl methyl sites for hydroxylation is 2. The van der Waals surface area contributed by atoms with Gasteiger partial charge in [0.25, 0.3) is 0 Å². The third-order valence-electron chi connectivity index (χ3n) is 13.9. The normalized spacial score (nSPS) is 24.5. The monoisotopic (exact) mass is 857 g/mol. The van der Waals surface area contributed by atoms with Crippen molar-refractivity contribution in [3.63, 3.8) is 0 Å². The molecule has 11 rings (SSSR count). The molecule has 5 aromatic carbocycles. The van der Waals surface area contributed by atoms with Crippen LogP contribution in [0.4, 0.5) is 22.9 Å². The highest BCUT2D eigenvalue weighted by Crippen LogP contribution is 2.65. The molecule has 0 radical (unpaired) electrons. The number of nitrogens with one attached hydrogen (secondary N) is 1. The van der Waals surface area contributed by atoms with Crippen LogP contribution in [0.3, 0.4) is 0 Å². The molecule has 4 heterocycles. The van der Waals surface area contributed by atoms with Crippen molar-refractivity contribution >= 4 is 90.3 Å². The van der Waals surface area contributed by atoms with Crippen LogP contribution in [0.5, 0.6) is 5.75 Å². The Hall–Kier alpha value is -6.56. The molecule has 2 aliphatic heterocycles. The number of anilines is 4. The average Bonchev–Trinajstić information content (AvgIpc) is 3.95. The molecule has 0 bridgehead atoms. The van der Waals surface area contributed by atoms with E-state index >= 15 is 9.59 Å². The standard InChI is InChI=1S/C50H40ClN5O5S/c1-26-36-23-28(51)14-22-40(36)62-45(26)39-25-41(54(3)53-39)56-47(59)38-24-37-33(43(50(38,2)49(56)61)35-19-13-27-9-7-8-12-32(27)44(35)57)20-21-34-42(37)48(60)55(46(34)58)31-17-15-30(16-18-31)52-29-10-5-4-6-11-29/h4-20,22-23,25,34,37-38,42-43,52,57H,21,24H2,1-3H3. The summed E-state index contributed by atoms with van der Waals surface area (Å²) in [5, 5.41) is 23.4. The second-order valence-electron chi connectivity index (χ2n) is 17.1. The van der Waals surface area contributed by atoms with Crippen LogP contribution in [-0.2, 0) is 26.2 Å². The first-order valence-corrected chi connectivity index (χ1v) is 22.0. The molecule has 62 heavy (non-hydrogen) atoms. The van der Waals surface area contributed by atoms with E-state index < -0.39 is 46.8 Å². The van der Waals surface area contributed by atoms with Gasteiger partial charge in [-0.25, -0.2) is 4.90 Å². The molecule has 2 aliphatic carbocycles. The van der Waals surface area contributed by atoms with Gasteiger partial charge in [0, 0.05) is 51.1 Å². The maximum atomic E-state index is 15.4. The van der Waals surface area contributed by atoms with Gasteiger partial charge in [0.2, 0.25) is 23.6 Å². The third-order valence-corrected chi connectivity index (χ3v) is 15.5. The van der Waals surface area contributed by atoms with E-state index in [0.29, 0.717) is 33.2 Å². The highest BCUT2D eigenvalue weighted by Gasteiger charge is 2.68. The molecule has 6 unspecified atom stereocenters. The number of carbonyl (C=O) groups is 4. The van der Waals surface area contributed by atoms with Crippen LogP contribution in [-0.4, -0.2) is 38.5 Å². The molecule has 2 N–H and O–H groups in total. The molecule has 4 aliphatic rings. The Labute approximate surface area is 366 Å². The van der Waals surface area contributed by atoms with E-state index in [-0.39, 0.29) is 30.4 Å². The largest absolute Gasteiger partial charge is 0.507 e. The number of aromatic nitrogens is 2. The number of halogens is 1. The van der Waals surface area contributed by atoms with Gasteiger partial charge in [-0.3, -0.25) is 28.8 Å². The van der Waals surface area contributed by atoms with E-state index in [1.165, 1.54) is 9.80 Å². The van der Waals surface area contributed by atoms with Gasteiger partial charge in [-0.1, -0.05) is 77.8 Å². The quantitative estimate of drug-likeness (QED) is 0.126. The second-order valence-corrected chi connectivity index (χ2v) is 18.6. The Balaban J connectivity index is 0.995. The lowest BCUT2D eigenvalue weighted by molar-refractivity contribution is -0.131. The summed E-state index contributed by atoms with van der Waals surface area (Å²) >= 11 is 7.93. The summed E-state index contributed by atoms with van der Waals surface area (Å²) in [6, 6.07) is 35.8. The molecule has 0 spiro atoms. The number of rotatable bonds is 6. The first-order chi connectivity index (χ1) is 29.9. The number of hydrogen-bond acceptors (Lipinski definition) is 8. The fourth-order valence-electron chi connectivity index (χ4n) is 10.9. The summed E-state index contributed by atoms with van der Waals surface area (Å²) in [6.45, 7) is 3.84. The fraction of sp³-hybridized carbons (Fsp3) is 0.220. The SMILES string of the molecule is Cc1c(-c2cc(N3C(=O)C4CC5C(=CCC6C(=O)N(c7ccc(Nc8ccccc8)cc7)C(=O)C65)C(c5ccc6ccccc6c5O)C4(C)C3=O)n(C)n2)sc2ccc(Cl)cc12. The lowest BCUT2D eigenvalue weighted by Crippen LogP contribution is -2.49. The number of para-hydroxylation sites is 1. The van der Waals surface area contributed by atoms with Crippen molar-refractivity contribution < 1.29 is 24.3 Å². The topological polar surface area (TPSA) is 125 Å². The van der Waals surface area contributed by atoms with Gasteiger partial charge in [-0.05, 0) is 104 Å². The number of phenols is 1. The lowest BCUT2D eigenvalue weighted by atomic mass is 9.51. The van der Waals surface area contributed by atoms with Crippen LogP contribution in [0, 0.1) is 36.0 Å². The second kappa shape index (κ2) is 14.0. The van der Waals surface area contributed by atoms with Crippen molar-refractivity contribution in [3.8, 4) is 16.3 Å². The van der Waals surface area contributed by atoms with Crippen LogP contribution in [0.15, 0.2) is 127 Å². The number of imide groups is 2. The maximum Gasteiger partial charge on any atom is 0.242 e. The lowest BCUT2D eigenvalue weighted by Gasteiger charge is -2.49. The molecule has 2 saturated heterocycles. The van der Waals surface area contributed by atoms with Gasteiger partial charge in [0.05, 0.1) is 33.7 Å². The Morgan fingerprint density at radius 1 is 0.806 bits per heavy atom. The van der Waals surface area contributed by atoms with E-state index in [0.717, 1.165) is 42.9 Å². The zero-order valence-corrected chi connectivity index (χ0v) is 35.6. The van der Waals surface area contributed by atoms with Crippen LogP contribution < -0.4 is 15.1 Å². The van der Waals surface area contributed by atoms with Crippen LogP contribution >= 0.6 is 22.9 Å². The number of hydrogen-bond donors (Lipinski definition) is 2. The molecule has 2 aromatic heterocycles. The number of benzene rings is 5. The average molecular weight is 858 g/mol. The molecule has 12 heteroatoms. The molecule has 7 aromatic rings. The predicted molar refractivity (Wildman–Crippen MR) is 243 cm³/mol. The molecule has 308 valence electrons. The van der Waals surface area contributed by atoms with Crippen molar-refractivity contribution in [1.82, 2.24) is 9.78 Å². The summed E-state index contributed by atoms with van der Waals surface area (Å²) in [5.74, 6) is -4.65. The van der Waals surface area contributed by atoms with Crippen molar-refractivity contribution in [3.05, 3.63) is 143 Å². The Morgan fingerprint density at radius 2 is 1.55 bits per heavy atom. The number of thiophene rings is 1. The Kier molecular flexibility index (Phi) is 8.65. The van der Waals surface area contributed by atoms with Gasteiger partial charge >= 0.3 is 0 Å². The van der Waals surface area contributed by atoms with Gasteiger partial charge in [0.1, 0.15) is 17.3 Å². The van der Waals surface area contributed by atoms with Crippen LogP contribution in [0.2, 0.25) is 5.02 Å². The van der Waals surface area contributed by atoms with E-state index in [1.807, 2.05) is 117 Å². The predicted octanol–water partition coefficient (Wildman–Crippen LogP) is 10.3. The minimum atomic E-state index is -1.35. The Morgan fingerprint density at radius 3 is 2.34 bits per heavy atom. The number of phenolic OH excluding ortho intramolecular Hbond substituents is 1. The molecule has 4 amide bonds. The van der Waals surface area contributed by atoms with E-state index in [9.17, 15) is 14.7 Å². The van der Waals surface area contributed by atoms with E-state index in [4.69, 9.17) is 16.7 Å². The molecular formula is C50H40ClN5O5S. The van der Waals surface area contributed by atoms with E-state index in [1.54, 1.807) is 41.3 Å². The van der Waals surface area contributed by atoms with Crippen molar-refractivity contribution in [2.45, 2.75) is 32.6 Å². The zero-order chi connectivity index (χ0) is 42.8. The van der Waals surface area contributed by atoms with E-state index in [2.05, 4.69) is 5.32 Å². The number of allylic oxidation sites excluding steroid dienone is 2. The highest BCUT2D eigenvalue weighted by atomic mass is 35.5. The first kappa shape index (κ1) is 38.4. The minimum absolute atomic E-state index is 0.0262. The first-order valence-electron chi connectivity index (χ1n) is 20.8. The summed E-state index contributed by atoms with van der Waals surface area (Å²) in [6.07, 6.45) is 2.48. The van der Waals surface area contributed by atoms with Gasteiger partial charge in [0.15, 0.2) is 0 Å². The Bertz CT molecular complexity index is 3100. The smallest absolute Gasteiger partial charge is 0.242 e. The van der Waals surface area contributed by atoms with Gasteiger partial charge in [-0.15, -0.1) is 11.3 Å². The number of fused-ring (bicyclic) bond motifs is 6. The summed E-state index contributed by atoms with van der Waals surface area (Å²) in [5.41, 5.74) is 3.77. The molecular weight excluding hydrogens is 818 g/mol. The summed E-state index contributed by atoms with van der Waals surface area (Å²) < 4.78 is 2.62. The van der Waals surface area contributed by atoms with Crippen molar-refractivity contribution in [2.75, 3.05) is 15.1 Å². The maximum absolute atomic E-state index is 15.4. The van der Waals surface area contributed by atoms with Crippen molar-refractivity contribution in [1.29, 1.82) is 0 Å². The minimum Gasteiger partial charge on any atom is -0.507 e. The van der Waals surface area contributed by atoms with Crippen LogP contribution in [0.1, 0.15) is 36.8 Å². The molecule has 3 fully saturated rings. The zero-order valence-electron chi connectivity index (χ0n) is 34.0. The highest BCUT2D eigenvalue weighted by molar-refractivity contribution is 7.22. The van der Waals surface area contributed by atoms with Crippen molar-refractivity contribution in [2.24, 2.45) is 36.1 Å². The number of nitrogens with zero attached hydrogens (tertiary/aromatic N) is 4. The van der Waals surface area contributed by atoms with Crippen LogP contribution in [0.25, 0.3) is 31.4 Å². The van der Waals surface area contributed by atoms with Gasteiger partial charge < -0.3 is 10.4 Å². The summed E-state index contributed by atoms with van der Waals surface area (Å²) in [7, 11) is 1.73. The fourth-order valence-corrected chi connectivity index (χ4v) is 12.3. The number of carbonyl (C=O) groups excluding carboxylic acids is 4. The van der Waals surface area contributed by atoms with Gasteiger partial charge in [-0.2, -0.15) is 5.10 Å².